The number of fused-ring (bicyclic) bond motifs is 1. The minimum absolute atomic E-state index is 0.0783. The van der Waals surface area contributed by atoms with E-state index in [9.17, 15) is 18.0 Å². The molecule has 0 unspecified atom stereocenters. The molecular weight excluding hydrogens is 401 g/mol. The van der Waals surface area contributed by atoms with Crippen LogP contribution in [0.5, 0.6) is 0 Å². The minimum atomic E-state index is -4.55. The number of amides is 1. The van der Waals surface area contributed by atoms with Gasteiger partial charge in [-0.2, -0.15) is 18.3 Å². The number of halogens is 3. The van der Waals surface area contributed by atoms with E-state index in [0.717, 1.165) is 6.07 Å². The molecule has 11 heteroatoms. The Morgan fingerprint density at radius 2 is 2.20 bits per heavy atom. The van der Waals surface area contributed by atoms with Gasteiger partial charge in [0.15, 0.2) is 0 Å². The second-order valence-corrected chi connectivity index (χ2v) is 7.35. The number of aromatic nitrogens is 5. The third-order valence-electron chi connectivity index (χ3n) is 5.38. The summed E-state index contributed by atoms with van der Waals surface area (Å²) in [7, 11) is 0. The molecule has 0 aromatic carbocycles. The van der Waals surface area contributed by atoms with Crippen LogP contribution in [-0.4, -0.2) is 48.8 Å². The van der Waals surface area contributed by atoms with Crippen LogP contribution in [0.4, 0.5) is 13.2 Å². The molecule has 0 bridgehead atoms. The highest BCUT2D eigenvalue weighted by Gasteiger charge is 2.38. The van der Waals surface area contributed by atoms with Crippen LogP contribution in [-0.2, 0) is 23.9 Å². The average Bonchev–Trinajstić information content (AvgIpc) is 3.40. The van der Waals surface area contributed by atoms with E-state index < -0.39 is 11.7 Å². The first-order valence-electron chi connectivity index (χ1n) is 9.83. The largest absolute Gasteiger partial charge is 0.417 e. The summed E-state index contributed by atoms with van der Waals surface area (Å²) >= 11 is 0. The van der Waals surface area contributed by atoms with Gasteiger partial charge in [-0.1, -0.05) is 12.1 Å². The monoisotopic (exact) mass is 422 g/mol. The highest BCUT2D eigenvalue weighted by molar-refractivity contribution is 5.82. The van der Waals surface area contributed by atoms with Gasteiger partial charge < -0.3 is 9.42 Å². The normalized spacial score (nSPS) is 17.6. The topological polar surface area (TPSA) is 89.9 Å². The number of piperidine rings is 1. The van der Waals surface area contributed by atoms with E-state index in [4.69, 9.17) is 4.52 Å². The van der Waals surface area contributed by atoms with Gasteiger partial charge in [-0.15, -0.1) is 0 Å². The van der Waals surface area contributed by atoms with Gasteiger partial charge in [0.05, 0.1) is 23.2 Å². The van der Waals surface area contributed by atoms with E-state index in [0.29, 0.717) is 44.6 Å². The molecule has 1 saturated heterocycles. The molecule has 0 aliphatic carbocycles. The Bertz CT molecular complexity index is 1030. The number of alkyl halides is 3. The van der Waals surface area contributed by atoms with Gasteiger partial charge in [-0.25, -0.2) is 9.97 Å². The fourth-order valence-corrected chi connectivity index (χ4v) is 3.85. The molecule has 0 saturated carbocycles. The van der Waals surface area contributed by atoms with Gasteiger partial charge in [-0.05, 0) is 25.3 Å². The van der Waals surface area contributed by atoms with Crippen molar-refractivity contribution in [1.82, 2.24) is 29.8 Å². The fourth-order valence-electron chi connectivity index (χ4n) is 3.85. The standard InChI is InChI=1S/C19H21F3N6O2/c1-2-13-8-14(19(20,21)22)16-17(26-30-18(16)25-13)12-4-3-6-27(9-12)15(29)5-7-28-11-23-10-24-28/h8,10-12H,2-7,9H2,1H3/t12-/m0/s1. The van der Waals surface area contributed by atoms with Crippen LogP contribution in [0.15, 0.2) is 23.2 Å². The van der Waals surface area contributed by atoms with Crippen molar-refractivity contribution in [2.75, 3.05) is 13.1 Å². The maximum absolute atomic E-state index is 13.7. The SMILES string of the molecule is CCc1cc(C(F)(F)F)c2c([C@H]3CCCN(C(=O)CCn4cncn4)C3)noc2n1. The van der Waals surface area contributed by atoms with Crippen molar-refractivity contribution >= 4 is 17.0 Å². The molecule has 0 N–H and O–H groups in total. The Morgan fingerprint density at radius 1 is 1.37 bits per heavy atom. The molecule has 1 aliphatic rings. The molecule has 3 aromatic heterocycles. The summed E-state index contributed by atoms with van der Waals surface area (Å²) in [4.78, 5) is 22.3. The molecule has 8 nitrogen and oxygen atoms in total. The zero-order valence-electron chi connectivity index (χ0n) is 16.4. The predicted molar refractivity (Wildman–Crippen MR) is 99.4 cm³/mol. The Balaban J connectivity index is 1.58. The van der Waals surface area contributed by atoms with Gasteiger partial charge in [0, 0.05) is 31.1 Å². The zero-order chi connectivity index (χ0) is 21.3. The van der Waals surface area contributed by atoms with Gasteiger partial charge in [-0.3, -0.25) is 9.48 Å². The molecule has 4 rings (SSSR count). The van der Waals surface area contributed by atoms with E-state index in [1.165, 1.54) is 12.7 Å². The number of rotatable bonds is 5. The summed E-state index contributed by atoms with van der Waals surface area (Å²) in [5, 5.41) is 7.82. The summed E-state index contributed by atoms with van der Waals surface area (Å²) in [5.74, 6) is -0.420. The summed E-state index contributed by atoms with van der Waals surface area (Å²) in [5.41, 5.74) is -0.367. The van der Waals surface area contributed by atoms with E-state index in [1.807, 2.05) is 0 Å². The van der Waals surface area contributed by atoms with Crippen LogP contribution >= 0.6 is 0 Å². The summed E-state index contributed by atoms with van der Waals surface area (Å²) in [6, 6.07) is 1.06. The van der Waals surface area contributed by atoms with Crippen LogP contribution in [0, 0.1) is 0 Å². The molecule has 0 radical (unpaired) electrons. The first-order chi connectivity index (χ1) is 14.4. The van der Waals surface area contributed by atoms with Crippen molar-refractivity contribution in [1.29, 1.82) is 0 Å². The third-order valence-corrected chi connectivity index (χ3v) is 5.38. The summed E-state index contributed by atoms with van der Waals surface area (Å²) < 4.78 is 47.9. The smallest absolute Gasteiger partial charge is 0.342 e. The maximum atomic E-state index is 13.7. The number of nitrogens with zero attached hydrogens (tertiary/aromatic N) is 6. The number of carbonyl (C=O) groups is 1. The molecule has 0 spiro atoms. The molecule has 1 aliphatic heterocycles. The van der Waals surface area contributed by atoms with Crippen LogP contribution in [0.3, 0.4) is 0 Å². The van der Waals surface area contributed by atoms with Crippen LogP contribution < -0.4 is 0 Å². The van der Waals surface area contributed by atoms with Gasteiger partial charge in [0.2, 0.25) is 5.91 Å². The molecule has 1 atom stereocenters. The lowest BCUT2D eigenvalue weighted by Crippen LogP contribution is -2.39. The predicted octanol–water partition coefficient (Wildman–Crippen LogP) is 3.19. The highest BCUT2D eigenvalue weighted by Crippen LogP contribution is 2.40. The molecule has 4 heterocycles. The number of likely N-dealkylation sites (tertiary alicyclic amines) is 1. The van der Waals surface area contributed by atoms with Crippen molar-refractivity contribution in [3.05, 3.63) is 35.7 Å². The van der Waals surface area contributed by atoms with Crippen LogP contribution in [0.1, 0.15) is 49.1 Å². The molecule has 3 aromatic rings. The first kappa shape index (κ1) is 20.3. The highest BCUT2D eigenvalue weighted by atomic mass is 19.4. The van der Waals surface area contributed by atoms with Gasteiger partial charge in [0.25, 0.3) is 5.71 Å². The Morgan fingerprint density at radius 3 is 2.90 bits per heavy atom. The first-order valence-corrected chi connectivity index (χ1v) is 9.83. The van der Waals surface area contributed by atoms with Gasteiger partial charge in [0.1, 0.15) is 12.7 Å². The van der Waals surface area contributed by atoms with Crippen molar-refractivity contribution in [3.63, 3.8) is 0 Å². The van der Waals surface area contributed by atoms with E-state index in [1.54, 1.807) is 16.5 Å². The average molecular weight is 422 g/mol. The Labute approximate surface area is 170 Å². The van der Waals surface area contributed by atoms with E-state index in [-0.39, 0.29) is 35.0 Å². The number of hydrogen-bond acceptors (Lipinski definition) is 6. The van der Waals surface area contributed by atoms with Crippen molar-refractivity contribution in [2.24, 2.45) is 0 Å². The Kier molecular flexibility index (Phi) is 5.44. The minimum Gasteiger partial charge on any atom is -0.342 e. The van der Waals surface area contributed by atoms with E-state index in [2.05, 4.69) is 20.2 Å². The number of carbonyl (C=O) groups excluding carboxylic acids is 1. The molecule has 160 valence electrons. The lowest BCUT2D eigenvalue weighted by molar-refractivity contribution is -0.136. The van der Waals surface area contributed by atoms with Gasteiger partial charge >= 0.3 is 6.18 Å². The van der Waals surface area contributed by atoms with Crippen molar-refractivity contribution in [2.45, 2.75) is 51.2 Å². The third kappa shape index (κ3) is 4.01. The number of hydrogen-bond donors (Lipinski definition) is 0. The number of pyridine rings is 1. The second kappa shape index (κ2) is 8.04. The Hall–Kier alpha value is -2.98. The maximum Gasteiger partial charge on any atom is 0.417 e. The molecule has 1 fully saturated rings. The molecule has 30 heavy (non-hydrogen) atoms. The quantitative estimate of drug-likeness (QED) is 0.627. The fraction of sp³-hybridized carbons (Fsp3) is 0.526. The van der Waals surface area contributed by atoms with E-state index >= 15 is 0 Å². The zero-order valence-corrected chi connectivity index (χ0v) is 16.4. The van der Waals surface area contributed by atoms with Crippen LogP contribution in [0.2, 0.25) is 0 Å². The van der Waals surface area contributed by atoms with Crippen molar-refractivity contribution in [3.8, 4) is 0 Å². The van der Waals surface area contributed by atoms with Crippen LogP contribution in [0.25, 0.3) is 11.1 Å². The second-order valence-electron chi connectivity index (χ2n) is 7.35. The molecular formula is C19H21F3N6O2. The lowest BCUT2D eigenvalue weighted by atomic mass is 9.91. The number of aryl methyl sites for hydroxylation is 2. The summed E-state index contributed by atoms with van der Waals surface area (Å²) in [6.07, 6.45) is 0.277. The summed E-state index contributed by atoms with van der Waals surface area (Å²) in [6.45, 7) is 2.99. The lowest BCUT2D eigenvalue weighted by Gasteiger charge is -2.32. The molecule has 1 amide bonds. The van der Waals surface area contributed by atoms with Crippen molar-refractivity contribution < 1.29 is 22.5 Å².